The number of fused-ring (bicyclic) bond motifs is 3. The van der Waals surface area contributed by atoms with E-state index in [1.165, 1.54) is 37.8 Å². The van der Waals surface area contributed by atoms with Gasteiger partial charge in [-0.05, 0) is 28.7 Å². The van der Waals surface area contributed by atoms with Gasteiger partial charge in [-0.1, -0.05) is 141 Å². The van der Waals surface area contributed by atoms with Gasteiger partial charge in [0, 0.05) is 5.54 Å². The van der Waals surface area contributed by atoms with Crippen LogP contribution in [0.5, 0.6) is 0 Å². The lowest BCUT2D eigenvalue weighted by Gasteiger charge is -2.43. The van der Waals surface area contributed by atoms with Crippen LogP contribution in [-0.2, 0) is 0 Å². The molecule has 0 N–H and O–H groups in total. The van der Waals surface area contributed by atoms with Crippen LogP contribution in [0.25, 0.3) is 11.1 Å². The van der Waals surface area contributed by atoms with E-state index in [4.69, 9.17) is 0 Å². The van der Waals surface area contributed by atoms with Crippen LogP contribution in [-0.4, -0.2) is 24.2 Å². The van der Waals surface area contributed by atoms with E-state index in [2.05, 4.69) is 93.9 Å². The molecule has 1 heterocycles. The van der Waals surface area contributed by atoms with Crippen LogP contribution >= 0.6 is 0 Å². The van der Waals surface area contributed by atoms with Gasteiger partial charge >= 0.3 is 0 Å². The van der Waals surface area contributed by atoms with Crippen molar-refractivity contribution in [1.82, 2.24) is 0 Å². The van der Waals surface area contributed by atoms with Crippen molar-refractivity contribution in [3.8, 4) is 11.1 Å². The largest absolute Gasteiger partial charge is 0.0940 e. The first kappa shape index (κ1) is 22.4. The predicted octanol–water partition coefficient (Wildman–Crippen LogP) is 7.49. The maximum Gasteiger partial charge on any atom is 0.0940 e. The van der Waals surface area contributed by atoms with Crippen LogP contribution in [0.4, 0.5) is 0 Å². The number of allylic oxidation sites excluding steroid dienone is 4. The molecule has 0 unspecified atom stereocenters. The summed E-state index contributed by atoms with van der Waals surface area (Å²) in [5.74, 6) is 0. The zero-order valence-corrected chi connectivity index (χ0v) is 24.0. The minimum Gasteiger partial charge on any atom is -0.0809 e. The predicted molar refractivity (Wildman–Crippen MR) is 151 cm³/mol. The van der Waals surface area contributed by atoms with Crippen molar-refractivity contribution in [3.05, 3.63) is 70.9 Å². The number of hydrogen-bond acceptors (Lipinski definition) is 0. The van der Waals surface area contributed by atoms with Gasteiger partial charge in [0.05, 0.1) is 24.2 Å². The van der Waals surface area contributed by atoms with Crippen molar-refractivity contribution in [2.24, 2.45) is 0 Å². The minimum absolute atomic E-state index is 0.659. The van der Waals surface area contributed by atoms with E-state index >= 15 is 0 Å². The van der Waals surface area contributed by atoms with Crippen molar-refractivity contribution in [2.45, 2.75) is 82.6 Å². The van der Waals surface area contributed by atoms with Crippen molar-refractivity contribution in [1.29, 1.82) is 0 Å². The van der Waals surface area contributed by atoms with E-state index in [0.29, 0.717) is 5.54 Å². The lowest BCUT2D eigenvalue weighted by Crippen LogP contribution is -2.46. The topological polar surface area (TPSA) is 0 Å². The second-order valence-electron chi connectivity index (χ2n) is 12.6. The molecule has 2 aromatic rings. The van der Waals surface area contributed by atoms with Crippen LogP contribution < -0.4 is 10.4 Å². The van der Waals surface area contributed by atoms with Gasteiger partial charge in [0.2, 0.25) is 0 Å². The van der Waals surface area contributed by atoms with Gasteiger partial charge in [-0.25, -0.2) is 0 Å². The number of rotatable bonds is 4. The second-order valence-corrected chi connectivity index (χ2v) is 27.3. The Balaban J connectivity index is 1.77. The molecule has 0 atom stereocenters. The maximum atomic E-state index is 2.69. The Labute approximate surface area is 198 Å². The average molecular weight is 473 g/mol. The van der Waals surface area contributed by atoms with Gasteiger partial charge in [-0.2, -0.15) is 0 Å². The fourth-order valence-electron chi connectivity index (χ4n) is 6.58. The molecule has 168 valence electrons. The van der Waals surface area contributed by atoms with Crippen LogP contribution in [0.2, 0.25) is 51.4 Å². The Morgan fingerprint density at radius 1 is 0.719 bits per heavy atom. The SMILES string of the molecule is C[Si](C)(C)c1ccc2c(c1)C([Si]1(C3=CC=CC3)CCCCC1)c1cc([Si](C)(C)C)ccc1-2. The molecule has 0 saturated carbocycles. The van der Waals surface area contributed by atoms with E-state index in [0.717, 1.165) is 0 Å². The highest BCUT2D eigenvalue weighted by Crippen LogP contribution is 2.55. The third-order valence-electron chi connectivity index (χ3n) is 8.46. The van der Waals surface area contributed by atoms with E-state index in [-0.39, 0.29) is 0 Å². The van der Waals surface area contributed by atoms with Gasteiger partial charge in [0.25, 0.3) is 0 Å². The van der Waals surface area contributed by atoms with Crippen LogP contribution in [0.15, 0.2) is 59.8 Å². The summed E-state index contributed by atoms with van der Waals surface area (Å²) in [7, 11) is -4.37. The first-order valence-corrected chi connectivity index (χ1v) is 22.3. The van der Waals surface area contributed by atoms with Crippen molar-refractivity contribution in [3.63, 3.8) is 0 Å². The Hall–Kier alpha value is -1.43. The molecule has 0 nitrogen and oxygen atoms in total. The molecule has 0 bridgehead atoms. The molecule has 3 heteroatoms. The zero-order chi connectivity index (χ0) is 22.7. The first-order chi connectivity index (χ1) is 15.1. The molecule has 32 heavy (non-hydrogen) atoms. The molecule has 0 spiro atoms. The van der Waals surface area contributed by atoms with Crippen molar-refractivity contribution in [2.75, 3.05) is 0 Å². The average Bonchev–Trinajstić information content (AvgIpc) is 3.39. The highest BCUT2D eigenvalue weighted by molar-refractivity contribution is 6.90. The Morgan fingerprint density at radius 2 is 1.25 bits per heavy atom. The summed E-state index contributed by atoms with van der Waals surface area (Å²) < 4.78 is 0. The molecule has 0 radical (unpaired) electrons. The van der Waals surface area contributed by atoms with Crippen LogP contribution in [0.3, 0.4) is 0 Å². The molecule has 0 amide bonds. The van der Waals surface area contributed by atoms with E-state index < -0.39 is 24.2 Å². The molecule has 3 aliphatic rings. The Kier molecular flexibility index (Phi) is 5.46. The van der Waals surface area contributed by atoms with Gasteiger partial charge in [0.1, 0.15) is 0 Å². The summed E-state index contributed by atoms with van der Waals surface area (Å²) in [6.45, 7) is 15.0. The van der Waals surface area contributed by atoms with E-state index in [1.807, 2.05) is 5.20 Å². The van der Waals surface area contributed by atoms with Gasteiger partial charge < -0.3 is 0 Å². The summed E-state index contributed by atoms with van der Waals surface area (Å²) in [6.07, 6.45) is 12.8. The highest BCUT2D eigenvalue weighted by atomic mass is 28.3. The Bertz CT molecular complexity index is 1040. The minimum atomic E-state index is -1.65. The molecular formula is C29H40Si3. The summed E-state index contributed by atoms with van der Waals surface area (Å²) in [5, 5.41) is 5.12. The Morgan fingerprint density at radius 3 is 1.69 bits per heavy atom. The van der Waals surface area contributed by atoms with Crippen LogP contribution in [0.1, 0.15) is 42.4 Å². The fraction of sp³-hybridized carbons (Fsp3) is 0.448. The fourth-order valence-corrected chi connectivity index (χ4v) is 15.2. The molecule has 1 saturated heterocycles. The molecule has 5 rings (SSSR count). The molecule has 2 aromatic carbocycles. The second kappa shape index (κ2) is 7.82. The standard InChI is InChI=1S/C29H40Si3/c1-30(2,3)23-14-16-25-26-17-15-24(31(4,5)6)21-28(26)29(27(25)20-23)32(18-10-7-11-19-32)22-12-8-9-13-22/h8-9,12,14-17,20-21,29H,7,10-11,13,18-19H2,1-6H3. The highest BCUT2D eigenvalue weighted by Gasteiger charge is 2.50. The van der Waals surface area contributed by atoms with Gasteiger partial charge in [-0.15, -0.1) is 0 Å². The molecule has 0 aromatic heterocycles. The number of benzene rings is 2. The van der Waals surface area contributed by atoms with Crippen molar-refractivity contribution >= 4 is 34.6 Å². The van der Waals surface area contributed by atoms with E-state index in [1.54, 1.807) is 32.6 Å². The van der Waals surface area contributed by atoms with Crippen molar-refractivity contribution < 1.29 is 0 Å². The maximum absolute atomic E-state index is 2.69. The normalized spacial score (nSPS) is 20.2. The molecular weight excluding hydrogens is 433 g/mol. The van der Waals surface area contributed by atoms with E-state index in [9.17, 15) is 0 Å². The third-order valence-corrected chi connectivity index (χ3v) is 18.4. The lowest BCUT2D eigenvalue weighted by molar-refractivity contribution is 0.699. The first-order valence-electron chi connectivity index (χ1n) is 12.8. The smallest absolute Gasteiger partial charge is 0.0809 e. The number of hydrogen-bond donors (Lipinski definition) is 0. The van der Waals surface area contributed by atoms with Crippen LogP contribution in [0, 0.1) is 0 Å². The van der Waals surface area contributed by atoms with Gasteiger partial charge in [-0.3, -0.25) is 0 Å². The quantitative estimate of drug-likeness (QED) is 0.404. The summed E-state index contributed by atoms with van der Waals surface area (Å²) >= 11 is 0. The monoisotopic (exact) mass is 472 g/mol. The molecule has 1 aliphatic heterocycles. The van der Waals surface area contributed by atoms with Gasteiger partial charge in [0.15, 0.2) is 0 Å². The third kappa shape index (κ3) is 3.61. The molecule has 2 aliphatic carbocycles. The summed E-state index contributed by atoms with van der Waals surface area (Å²) in [6, 6.07) is 18.3. The lowest BCUT2D eigenvalue weighted by atomic mass is 10.1. The summed E-state index contributed by atoms with van der Waals surface area (Å²) in [4.78, 5) is 0. The zero-order valence-electron chi connectivity index (χ0n) is 21.0. The summed E-state index contributed by atoms with van der Waals surface area (Å²) in [5.41, 5.74) is 7.17. The molecule has 1 fully saturated rings.